The quantitative estimate of drug-likeness (QED) is 0.783. The van der Waals surface area contributed by atoms with Gasteiger partial charge in [-0.2, -0.15) is 5.10 Å². The molecular weight excluding hydrogens is 238 g/mol. The number of hydrogen-bond acceptors (Lipinski definition) is 4. The molecule has 0 fully saturated rings. The number of H-pyrrole nitrogens is 1. The van der Waals surface area contributed by atoms with E-state index in [9.17, 15) is 0 Å². The molecule has 19 heavy (non-hydrogen) atoms. The lowest BCUT2D eigenvalue weighted by Gasteiger charge is -2.22. The second-order valence-corrected chi connectivity index (χ2v) is 4.98. The Morgan fingerprint density at radius 1 is 1.37 bits per heavy atom. The van der Waals surface area contributed by atoms with Crippen molar-refractivity contribution in [1.82, 2.24) is 25.8 Å². The fourth-order valence-corrected chi connectivity index (χ4v) is 2.64. The molecule has 1 aliphatic heterocycles. The third-order valence-electron chi connectivity index (χ3n) is 3.65. The monoisotopic (exact) mass is 257 g/mol. The van der Waals surface area contributed by atoms with Crippen LogP contribution in [-0.2, 0) is 6.54 Å². The van der Waals surface area contributed by atoms with E-state index in [4.69, 9.17) is 0 Å². The SMILES string of the molecule is CC(NC1CCNCc2ccccc21)c1ncn[nH]1. The third-order valence-corrected chi connectivity index (χ3v) is 3.65. The van der Waals surface area contributed by atoms with Crippen LogP contribution < -0.4 is 10.6 Å². The average molecular weight is 257 g/mol. The van der Waals surface area contributed by atoms with Crippen molar-refractivity contribution in [2.75, 3.05) is 6.54 Å². The number of hydrogen-bond donors (Lipinski definition) is 3. The maximum Gasteiger partial charge on any atom is 0.141 e. The fraction of sp³-hybridized carbons (Fsp3) is 0.429. The van der Waals surface area contributed by atoms with Gasteiger partial charge in [-0.25, -0.2) is 4.98 Å². The van der Waals surface area contributed by atoms with Crippen molar-refractivity contribution in [3.63, 3.8) is 0 Å². The van der Waals surface area contributed by atoms with E-state index < -0.39 is 0 Å². The minimum atomic E-state index is 0.165. The molecule has 100 valence electrons. The van der Waals surface area contributed by atoms with Crippen LogP contribution in [-0.4, -0.2) is 21.7 Å². The van der Waals surface area contributed by atoms with Crippen LogP contribution in [0.1, 0.15) is 42.4 Å². The van der Waals surface area contributed by atoms with E-state index in [0.29, 0.717) is 6.04 Å². The summed E-state index contributed by atoms with van der Waals surface area (Å²) in [5.74, 6) is 0.884. The van der Waals surface area contributed by atoms with Crippen LogP contribution in [0, 0.1) is 0 Å². The number of aromatic nitrogens is 3. The zero-order valence-corrected chi connectivity index (χ0v) is 11.1. The van der Waals surface area contributed by atoms with Crippen LogP contribution in [0.3, 0.4) is 0 Å². The lowest BCUT2D eigenvalue weighted by atomic mass is 9.98. The first-order chi connectivity index (χ1) is 9.34. The van der Waals surface area contributed by atoms with Gasteiger partial charge in [0.1, 0.15) is 12.2 Å². The lowest BCUT2D eigenvalue weighted by molar-refractivity contribution is 0.432. The van der Waals surface area contributed by atoms with Gasteiger partial charge < -0.3 is 10.6 Å². The van der Waals surface area contributed by atoms with Gasteiger partial charge in [0, 0.05) is 12.6 Å². The lowest BCUT2D eigenvalue weighted by Crippen LogP contribution is -2.26. The van der Waals surface area contributed by atoms with Gasteiger partial charge >= 0.3 is 0 Å². The Hall–Kier alpha value is -1.72. The van der Waals surface area contributed by atoms with E-state index in [-0.39, 0.29) is 6.04 Å². The average Bonchev–Trinajstić information content (AvgIpc) is 2.90. The number of nitrogens with one attached hydrogen (secondary N) is 3. The van der Waals surface area contributed by atoms with Crippen molar-refractivity contribution in [3.05, 3.63) is 47.5 Å². The fourth-order valence-electron chi connectivity index (χ4n) is 2.64. The second kappa shape index (κ2) is 5.50. The first kappa shape index (κ1) is 12.3. The zero-order chi connectivity index (χ0) is 13.1. The van der Waals surface area contributed by atoms with Crippen molar-refractivity contribution in [2.45, 2.75) is 32.0 Å². The molecule has 2 unspecified atom stereocenters. The van der Waals surface area contributed by atoms with Gasteiger partial charge in [0.05, 0.1) is 6.04 Å². The highest BCUT2D eigenvalue weighted by atomic mass is 15.2. The summed E-state index contributed by atoms with van der Waals surface area (Å²) in [6.07, 6.45) is 2.63. The number of nitrogens with zero attached hydrogens (tertiary/aromatic N) is 2. The van der Waals surface area contributed by atoms with Gasteiger partial charge in [0.2, 0.25) is 0 Å². The van der Waals surface area contributed by atoms with Crippen LogP contribution in [0.15, 0.2) is 30.6 Å². The maximum atomic E-state index is 4.22. The summed E-state index contributed by atoms with van der Waals surface area (Å²) >= 11 is 0. The highest BCUT2D eigenvalue weighted by Gasteiger charge is 2.20. The normalized spacial score (nSPS) is 20.6. The van der Waals surface area contributed by atoms with E-state index in [1.165, 1.54) is 11.1 Å². The Morgan fingerprint density at radius 2 is 2.26 bits per heavy atom. The summed E-state index contributed by atoms with van der Waals surface area (Å²) in [7, 11) is 0. The standard InChI is InChI=1S/C14H19N5/c1-10(14-16-9-17-19-14)18-13-6-7-15-8-11-4-2-3-5-12(11)13/h2-5,9-10,13,15,18H,6-8H2,1H3,(H,16,17,19). The van der Waals surface area contributed by atoms with Crippen molar-refractivity contribution in [3.8, 4) is 0 Å². The molecule has 1 aliphatic rings. The minimum absolute atomic E-state index is 0.165. The molecule has 0 saturated heterocycles. The summed E-state index contributed by atoms with van der Waals surface area (Å²) < 4.78 is 0. The summed E-state index contributed by atoms with van der Waals surface area (Å²) in [5.41, 5.74) is 2.76. The molecule has 3 N–H and O–H groups in total. The van der Waals surface area contributed by atoms with Gasteiger partial charge in [0.15, 0.2) is 0 Å². The molecule has 3 rings (SSSR count). The molecule has 0 bridgehead atoms. The van der Waals surface area contributed by atoms with Crippen LogP contribution in [0.25, 0.3) is 0 Å². The number of aromatic amines is 1. The summed E-state index contributed by atoms with van der Waals surface area (Å²) in [6, 6.07) is 9.14. The van der Waals surface area contributed by atoms with Crippen molar-refractivity contribution in [1.29, 1.82) is 0 Å². The van der Waals surface area contributed by atoms with E-state index in [1.807, 2.05) is 0 Å². The maximum absolute atomic E-state index is 4.22. The zero-order valence-electron chi connectivity index (χ0n) is 11.1. The molecule has 0 amide bonds. The predicted molar refractivity (Wildman–Crippen MR) is 73.4 cm³/mol. The highest BCUT2D eigenvalue weighted by Crippen LogP contribution is 2.25. The Kier molecular flexibility index (Phi) is 3.57. The van der Waals surface area contributed by atoms with E-state index >= 15 is 0 Å². The largest absolute Gasteiger partial charge is 0.313 e. The van der Waals surface area contributed by atoms with Gasteiger partial charge in [-0.3, -0.25) is 5.10 Å². The Morgan fingerprint density at radius 3 is 3.11 bits per heavy atom. The number of rotatable bonds is 3. The van der Waals surface area contributed by atoms with Crippen molar-refractivity contribution < 1.29 is 0 Å². The van der Waals surface area contributed by atoms with Crippen LogP contribution >= 0.6 is 0 Å². The summed E-state index contributed by atoms with van der Waals surface area (Å²) in [6.45, 7) is 4.09. The van der Waals surface area contributed by atoms with Crippen LogP contribution in [0.4, 0.5) is 0 Å². The molecule has 1 aromatic heterocycles. The van der Waals surface area contributed by atoms with Gasteiger partial charge in [-0.1, -0.05) is 24.3 Å². The first-order valence-corrected chi connectivity index (χ1v) is 6.74. The van der Waals surface area contributed by atoms with Crippen molar-refractivity contribution in [2.24, 2.45) is 0 Å². The topological polar surface area (TPSA) is 65.6 Å². The Labute approximate surface area is 112 Å². The third kappa shape index (κ3) is 2.67. The molecule has 1 aromatic carbocycles. The molecule has 5 heteroatoms. The summed E-state index contributed by atoms with van der Waals surface area (Å²) in [4.78, 5) is 4.22. The summed E-state index contributed by atoms with van der Waals surface area (Å²) in [5, 5.41) is 13.9. The molecule has 0 aliphatic carbocycles. The van der Waals surface area contributed by atoms with E-state index in [2.05, 4.69) is 57.0 Å². The molecule has 2 atom stereocenters. The molecule has 0 spiro atoms. The molecule has 2 aromatic rings. The number of fused-ring (bicyclic) bond motifs is 1. The van der Waals surface area contributed by atoms with Gasteiger partial charge in [0.25, 0.3) is 0 Å². The van der Waals surface area contributed by atoms with Crippen LogP contribution in [0.5, 0.6) is 0 Å². The highest BCUT2D eigenvalue weighted by molar-refractivity contribution is 5.31. The van der Waals surface area contributed by atoms with Gasteiger partial charge in [-0.05, 0) is 31.0 Å². The molecular formula is C14H19N5. The minimum Gasteiger partial charge on any atom is -0.313 e. The first-order valence-electron chi connectivity index (χ1n) is 6.74. The molecule has 5 nitrogen and oxygen atoms in total. The van der Waals surface area contributed by atoms with Gasteiger partial charge in [-0.15, -0.1) is 0 Å². The predicted octanol–water partition coefficient (Wildman–Crippen LogP) is 1.69. The molecule has 0 radical (unpaired) electrons. The number of benzene rings is 1. The smallest absolute Gasteiger partial charge is 0.141 e. The van der Waals surface area contributed by atoms with E-state index in [0.717, 1.165) is 25.3 Å². The Balaban J connectivity index is 1.80. The second-order valence-electron chi connectivity index (χ2n) is 4.98. The molecule has 2 heterocycles. The molecule has 0 saturated carbocycles. The van der Waals surface area contributed by atoms with Crippen LogP contribution in [0.2, 0.25) is 0 Å². The van der Waals surface area contributed by atoms with E-state index in [1.54, 1.807) is 6.33 Å². The Bertz CT molecular complexity index is 522. The van der Waals surface area contributed by atoms with Crippen molar-refractivity contribution >= 4 is 0 Å².